The summed E-state index contributed by atoms with van der Waals surface area (Å²) in [5, 5.41) is 7.58. The molecule has 48 heavy (non-hydrogen) atoms. The Bertz CT molecular complexity index is 2800. The third-order valence-electron chi connectivity index (χ3n) is 9.89. The second-order valence-corrected chi connectivity index (χ2v) is 12.6. The number of fused-ring (bicyclic) bond motifs is 8. The molecule has 2 aromatic heterocycles. The van der Waals surface area contributed by atoms with Crippen molar-refractivity contribution in [1.29, 1.82) is 0 Å². The van der Waals surface area contributed by atoms with Gasteiger partial charge >= 0.3 is 0 Å². The molecule has 0 fully saturated rings. The van der Waals surface area contributed by atoms with Crippen molar-refractivity contribution in [3.8, 4) is 33.6 Å². The molecule has 0 radical (unpaired) electrons. The molecular formula is C46H30N2. The maximum atomic E-state index is 2.46. The van der Waals surface area contributed by atoms with E-state index in [2.05, 4.69) is 191 Å². The summed E-state index contributed by atoms with van der Waals surface area (Å²) in [4.78, 5) is 0. The normalized spacial score (nSPS) is 11.8. The van der Waals surface area contributed by atoms with Gasteiger partial charge in [0.05, 0.1) is 27.8 Å². The molecule has 8 aromatic carbocycles. The molecule has 2 heterocycles. The monoisotopic (exact) mass is 610 g/mol. The maximum absolute atomic E-state index is 2.46. The summed E-state index contributed by atoms with van der Waals surface area (Å²) in [5.41, 5.74) is 12.0. The summed E-state index contributed by atoms with van der Waals surface area (Å²) in [7, 11) is 0. The molecular weight excluding hydrogens is 581 g/mol. The summed E-state index contributed by atoms with van der Waals surface area (Å²) in [6.07, 6.45) is 0. The molecule has 0 unspecified atom stereocenters. The predicted octanol–water partition coefficient (Wildman–Crippen LogP) is 12.4. The molecule has 0 atom stereocenters. The minimum absolute atomic E-state index is 1.16. The molecule has 0 saturated heterocycles. The maximum Gasteiger partial charge on any atom is 0.0549 e. The van der Waals surface area contributed by atoms with Crippen LogP contribution in [0, 0.1) is 0 Å². The van der Waals surface area contributed by atoms with Crippen LogP contribution < -0.4 is 0 Å². The van der Waals surface area contributed by atoms with Crippen molar-refractivity contribution in [3.63, 3.8) is 0 Å². The minimum atomic E-state index is 1.16. The standard InChI is InChI=1S/C46H30N2/c1-3-13-31(14-4-1)32-23-25-36(26-24-32)47-42-27-28-43-45(46(42)39-29-34-17-7-8-18-35(34)30-44(39)47)38-20-10-12-22-41(38)48(43)40-21-11-9-19-37(40)33-15-5-2-6-16-33/h1-30H. The highest BCUT2D eigenvalue weighted by Crippen LogP contribution is 2.44. The molecule has 0 aliphatic heterocycles. The van der Waals surface area contributed by atoms with Gasteiger partial charge < -0.3 is 9.13 Å². The highest BCUT2D eigenvalue weighted by molar-refractivity contribution is 6.30. The van der Waals surface area contributed by atoms with Crippen LogP contribution in [0.1, 0.15) is 0 Å². The fourth-order valence-corrected chi connectivity index (χ4v) is 7.75. The van der Waals surface area contributed by atoms with Gasteiger partial charge in [-0.2, -0.15) is 0 Å². The number of aromatic nitrogens is 2. The van der Waals surface area contributed by atoms with E-state index < -0.39 is 0 Å². The number of hydrogen-bond donors (Lipinski definition) is 0. The Labute approximate surface area is 278 Å². The van der Waals surface area contributed by atoms with Gasteiger partial charge in [0, 0.05) is 32.8 Å². The van der Waals surface area contributed by atoms with Gasteiger partial charge in [0.2, 0.25) is 0 Å². The van der Waals surface area contributed by atoms with E-state index in [9.17, 15) is 0 Å². The van der Waals surface area contributed by atoms with E-state index in [4.69, 9.17) is 0 Å². The lowest BCUT2D eigenvalue weighted by molar-refractivity contribution is 1.17. The van der Waals surface area contributed by atoms with Crippen LogP contribution in [0.2, 0.25) is 0 Å². The lowest BCUT2D eigenvalue weighted by atomic mass is 10.0. The smallest absolute Gasteiger partial charge is 0.0549 e. The number of para-hydroxylation sites is 2. The van der Waals surface area contributed by atoms with Crippen molar-refractivity contribution in [2.75, 3.05) is 0 Å². The SMILES string of the molecule is c1ccc(-c2ccc(-n3c4cc5ccccc5cc4c4c5c6ccccc6n(-c6ccccc6-c6ccccc6)c5ccc43)cc2)cc1. The van der Waals surface area contributed by atoms with Gasteiger partial charge in [-0.1, -0.05) is 133 Å². The molecule has 0 bridgehead atoms. The third-order valence-corrected chi connectivity index (χ3v) is 9.89. The summed E-state index contributed by atoms with van der Waals surface area (Å²) >= 11 is 0. The molecule has 2 heteroatoms. The third kappa shape index (κ3) is 4.00. The zero-order chi connectivity index (χ0) is 31.6. The molecule has 224 valence electrons. The molecule has 0 N–H and O–H groups in total. The van der Waals surface area contributed by atoms with E-state index in [1.807, 2.05) is 0 Å². The van der Waals surface area contributed by atoms with Crippen molar-refractivity contribution in [2.24, 2.45) is 0 Å². The Morgan fingerprint density at radius 1 is 0.312 bits per heavy atom. The van der Waals surface area contributed by atoms with Crippen LogP contribution in [-0.4, -0.2) is 9.13 Å². The Kier molecular flexibility index (Phi) is 5.91. The first-order valence-corrected chi connectivity index (χ1v) is 16.5. The molecule has 0 amide bonds. The van der Waals surface area contributed by atoms with E-state index in [0.717, 1.165) is 5.69 Å². The number of nitrogens with zero attached hydrogens (tertiary/aromatic N) is 2. The Balaban J connectivity index is 1.32. The second-order valence-electron chi connectivity index (χ2n) is 12.6. The molecule has 0 aliphatic carbocycles. The van der Waals surface area contributed by atoms with Crippen molar-refractivity contribution in [3.05, 3.63) is 182 Å². The van der Waals surface area contributed by atoms with E-state index in [0.29, 0.717) is 0 Å². The van der Waals surface area contributed by atoms with Gasteiger partial charge in [-0.3, -0.25) is 0 Å². The van der Waals surface area contributed by atoms with Gasteiger partial charge in [0.1, 0.15) is 0 Å². The van der Waals surface area contributed by atoms with Crippen LogP contribution in [0.3, 0.4) is 0 Å². The van der Waals surface area contributed by atoms with Gasteiger partial charge in [-0.25, -0.2) is 0 Å². The Morgan fingerprint density at radius 3 is 1.65 bits per heavy atom. The number of rotatable bonds is 4. The van der Waals surface area contributed by atoms with E-state index >= 15 is 0 Å². The van der Waals surface area contributed by atoms with Gasteiger partial charge in [-0.05, 0) is 76.0 Å². The van der Waals surface area contributed by atoms with Gasteiger partial charge in [0.15, 0.2) is 0 Å². The van der Waals surface area contributed by atoms with Crippen LogP contribution >= 0.6 is 0 Å². The highest BCUT2D eigenvalue weighted by atomic mass is 15.0. The molecule has 10 aromatic rings. The zero-order valence-corrected chi connectivity index (χ0v) is 26.2. The first kappa shape index (κ1) is 26.8. The van der Waals surface area contributed by atoms with E-state index in [1.165, 1.54) is 82.3 Å². The van der Waals surface area contributed by atoms with Crippen LogP contribution in [0.15, 0.2) is 182 Å². The van der Waals surface area contributed by atoms with E-state index in [1.54, 1.807) is 0 Å². The first-order valence-electron chi connectivity index (χ1n) is 16.5. The fourth-order valence-electron chi connectivity index (χ4n) is 7.75. The number of hydrogen-bond acceptors (Lipinski definition) is 0. The van der Waals surface area contributed by atoms with Gasteiger partial charge in [-0.15, -0.1) is 0 Å². The van der Waals surface area contributed by atoms with Crippen molar-refractivity contribution >= 4 is 54.4 Å². The quantitative estimate of drug-likeness (QED) is 0.188. The van der Waals surface area contributed by atoms with Crippen molar-refractivity contribution in [2.45, 2.75) is 0 Å². The zero-order valence-electron chi connectivity index (χ0n) is 26.2. The molecule has 0 aliphatic rings. The average molecular weight is 611 g/mol. The first-order chi connectivity index (χ1) is 23.8. The largest absolute Gasteiger partial charge is 0.309 e. The second kappa shape index (κ2) is 10.6. The van der Waals surface area contributed by atoms with Crippen molar-refractivity contribution < 1.29 is 0 Å². The molecule has 10 rings (SSSR count). The lowest BCUT2D eigenvalue weighted by Gasteiger charge is -2.14. The van der Waals surface area contributed by atoms with Crippen LogP contribution in [0.5, 0.6) is 0 Å². The van der Waals surface area contributed by atoms with E-state index in [-0.39, 0.29) is 0 Å². The number of benzene rings is 8. The van der Waals surface area contributed by atoms with Crippen LogP contribution in [0.25, 0.3) is 88.0 Å². The highest BCUT2D eigenvalue weighted by Gasteiger charge is 2.22. The molecule has 0 saturated carbocycles. The topological polar surface area (TPSA) is 9.86 Å². The fraction of sp³-hybridized carbons (Fsp3) is 0. The van der Waals surface area contributed by atoms with Gasteiger partial charge in [0.25, 0.3) is 0 Å². The summed E-state index contributed by atoms with van der Waals surface area (Å²) in [6, 6.07) is 66.1. The van der Waals surface area contributed by atoms with Crippen molar-refractivity contribution in [1.82, 2.24) is 9.13 Å². The predicted molar refractivity (Wildman–Crippen MR) is 203 cm³/mol. The van der Waals surface area contributed by atoms with Crippen LogP contribution in [-0.2, 0) is 0 Å². The summed E-state index contributed by atoms with van der Waals surface area (Å²) in [5.74, 6) is 0. The molecule has 0 spiro atoms. The lowest BCUT2D eigenvalue weighted by Crippen LogP contribution is -1.97. The van der Waals surface area contributed by atoms with Crippen LogP contribution in [0.4, 0.5) is 0 Å². The molecule has 2 nitrogen and oxygen atoms in total. The Hall–Kier alpha value is -6.38. The Morgan fingerprint density at radius 2 is 0.875 bits per heavy atom. The minimum Gasteiger partial charge on any atom is -0.309 e. The average Bonchev–Trinajstić information content (AvgIpc) is 3.67. The summed E-state index contributed by atoms with van der Waals surface area (Å²) < 4.78 is 4.92. The summed E-state index contributed by atoms with van der Waals surface area (Å²) in [6.45, 7) is 0.